The van der Waals surface area contributed by atoms with E-state index in [2.05, 4.69) is 21.0 Å². The molecule has 3 rings (SSSR count). The molecule has 22 heavy (non-hydrogen) atoms. The van der Waals surface area contributed by atoms with E-state index >= 15 is 0 Å². The number of benzene rings is 1. The molecule has 1 aromatic heterocycles. The molecule has 0 aliphatic carbocycles. The summed E-state index contributed by atoms with van der Waals surface area (Å²) < 4.78 is 26.3. The first-order valence-corrected chi connectivity index (χ1v) is 8.78. The molecule has 0 fully saturated rings. The molecule has 6 nitrogen and oxygen atoms in total. The van der Waals surface area contributed by atoms with Gasteiger partial charge in [0.1, 0.15) is 18.4 Å². The standard InChI is InChI=1S/C14H14BrN3O3S/c1-10-3-5-11(6-4-10)22(20,21)17-14-9-18(2,19)8-13(15)12(14)7-16-17/h3-8H,9H2,1-2H3. The summed E-state index contributed by atoms with van der Waals surface area (Å²) in [5.41, 5.74) is 1.98. The van der Waals surface area contributed by atoms with Crippen molar-refractivity contribution < 1.29 is 13.1 Å². The van der Waals surface area contributed by atoms with Crippen molar-refractivity contribution in [3.05, 3.63) is 58.7 Å². The van der Waals surface area contributed by atoms with Gasteiger partial charge in [-0.05, 0) is 35.0 Å². The van der Waals surface area contributed by atoms with E-state index in [1.54, 1.807) is 12.1 Å². The van der Waals surface area contributed by atoms with E-state index in [0.29, 0.717) is 15.7 Å². The first kappa shape index (κ1) is 15.4. The van der Waals surface area contributed by atoms with Gasteiger partial charge in [0.25, 0.3) is 10.0 Å². The number of aromatic nitrogens is 2. The third-order valence-corrected chi connectivity index (χ3v) is 5.76. The monoisotopic (exact) mass is 383 g/mol. The van der Waals surface area contributed by atoms with Gasteiger partial charge in [-0.1, -0.05) is 17.7 Å². The zero-order chi connectivity index (χ0) is 16.1. The van der Waals surface area contributed by atoms with E-state index in [4.69, 9.17) is 0 Å². The van der Waals surface area contributed by atoms with Crippen LogP contribution in [-0.4, -0.2) is 29.3 Å². The minimum Gasteiger partial charge on any atom is -0.628 e. The van der Waals surface area contributed by atoms with E-state index in [1.165, 1.54) is 31.6 Å². The second kappa shape index (κ2) is 5.02. The number of halogens is 1. The maximum atomic E-state index is 12.8. The molecule has 2 heterocycles. The minimum atomic E-state index is -3.82. The fourth-order valence-corrected chi connectivity index (χ4v) is 4.43. The lowest BCUT2D eigenvalue weighted by Gasteiger charge is -2.37. The molecular weight excluding hydrogens is 370 g/mol. The Balaban J connectivity index is 2.15. The second-order valence-corrected chi connectivity index (χ2v) is 8.10. The van der Waals surface area contributed by atoms with Crippen molar-refractivity contribution >= 4 is 30.4 Å². The van der Waals surface area contributed by atoms with Gasteiger partial charge in [0.05, 0.1) is 22.6 Å². The van der Waals surface area contributed by atoms with Gasteiger partial charge in [0.2, 0.25) is 0 Å². The van der Waals surface area contributed by atoms with Crippen LogP contribution in [0.5, 0.6) is 0 Å². The van der Waals surface area contributed by atoms with Crippen LogP contribution in [0.4, 0.5) is 0 Å². The molecule has 1 unspecified atom stereocenters. The first-order chi connectivity index (χ1) is 10.2. The summed E-state index contributed by atoms with van der Waals surface area (Å²) >= 11 is 3.31. The Hall–Kier alpha value is -1.48. The molecular formula is C14H14BrN3O3S. The van der Waals surface area contributed by atoms with Crippen LogP contribution in [-0.2, 0) is 16.6 Å². The number of fused-ring (bicyclic) bond motifs is 1. The SMILES string of the molecule is Cc1ccc(S(=O)(=O)n2ncc3c2C[N+](C)([O-])C=C3Br)cc1. The minimum absolute atomic E-state index is 0.00945. The highest BCUT2D eigenvalue weighted by atomic mass is 79.9. The molecule has 0 radical (unpaired) electrons. The quantitative estimate of drug-likeness (QED) is 0.589. The zero-order valence-electron chi connectivity index (χ0n) is 12.0. The van der Waals surface area contributed by atoms with Crippen molar-refractivity contribution in [2.24, 2.45) is 0 Å². The largest absolute Gasteiger partial charge is 0.628 e. The van der Waals surface area contributed by atoms with Gasteiger partial charge in [-0.25, -0.2) is 0 Å². The predicted molar refractivity (Wildman–Crippen MR) is 86.1 cm³/mol. The molecule has 0 spiro atoms. The Labute approximate surface area is 137 Å². The van der Waals surface area contributed by atoms with Crippen molar-refractivity contribution in [1.82, 2.24) is 9.19 Å². The molecule has 1 aliphatic heterocycles. The zero-order valence-corrected chi connectivity index (χ0v) is 14.4. The summed E-state index contributed by atoms with van der Waals surface area (Å²) in [6.45, 7) is 1.89. The van der Waals surface area contributed by atoms with E-state index in [0.717, 1.165) is 9.65 Å². The first-order valence-electron chi connectivity index (χ1n) is 6.55. The van der Waals surface area contributed by atoms with Gasteiger partial charge in [-0.15, -0.1) is 0 Å². The average Bonchev–Trinajstić information content (AvgIpc) is 2.82. The van der Waals surface area contributed by atoms with Crippen molar-refractivity contribution in [3.8, 4) is 0 Å². The summed E-state index contributed by atoms with van der Waals surface area (Å²) in [6, 6.07) is 6.54. The lowest BCUT2D eigenvalue weighted by atomic mass is 10.2. The Morgan fingerprint density at radius 3 is 2.59 bits per heavy atom. The van der Waals surface area contributed by atoms with Gasteiger partial charge >= 0.3 is 0 Å². The summed E-state index contributed by atoms with van der Waals surface area (Å²) in [6.07, 6.45) is 2.94. The molecule has 1 aliphatic rings. The Morgan fingerprint density at radius 2 is 1.95 bits per heavy atom. The van der Waals surface area contributed by atoms with Crippen molar-refractivity contribution in [3.63, 3.8) is 0 Å². The fraction of sp³-hybridized carbons (Fsp3) is 0.214. The van der Waals surface area contributed by atoms with Crippen LogP contribution < -0.4 is 0 Å². The van der Waals surface area contributed by atoms with E-state index in [9.17, 15) is 13.6 Å². The normalized spacial score (nSPS) is 21.4. The highest BCUT2D eigenvalue weighted by molar-refractivity contribution is 9.15. The maximum absolute atomic E-state index is 12.8. The summed E-state index contributed by atoms with van der Waals surface area (Å²) in [4.78, 5) is 0.148. The van der Waals surface area contributed by atoms with Crippen LogP contribution in [0.25, 0.3) is 4.48 Å². The van der Waals surface area contributed by atoms with Crippen molar-refractivity contribution in [2.75, 3.05) is 7.05 Å². The number of hydrogen-bond acceptors (Lipinski definition) is 4. The molecule has 0 amide bonds. The summed E-state index contributed by atoms with van der Waals surface area (Å²) in [7, 11) is -2.36. The molecule has 0 bridgehead atoms. The van der Waals surface area contributed by atoms with Gasteiger partial charge < -0.3 is 9.85 Å². The Morgan fingerprint density at radius 1 is 1.32 bits per heavy atom. The number of nitrogens with zero attached hydrogens (tertiary/aromatic N) is 3. The smallest absolute Gasteiger partial charge is 0.283 e. The molecule has 0 saturated heterocycles. The van der Waals surface area contributed by atoms with Crippen LogP contribution in [0.3, 0.4) is 0 Å². The van der Waals surface area contributed by atoms with Crippen LogP contribution >= 0.6 is 15.9 Å². The van der Waals surface area contributed by atoms with Gasteiger partial charge in [-0.2, -0.15) is 17.6 Å². The van der Waals surface area contributed by atoms with Crippen molar-refractivity contribution in [1.29, 1.82) is 0 Å². The number of rotatable bonds is 2. The molecule has 116 valence electrons. The highest BCUT2D eigenvalue weighted by Gasteiger charge is 2.31. The van der Waals surface area contributed by atoms with Crippen LogP contribution in [0.15, 0.2) is 41.6 Å². The van der Waals surface area contributed by atoms with E-state index in [-0.39, 0.29) is 11.4 Å². The number of hydrogen-bond donors (Lipinski definition) is 0. The van der Waals surface area contributed by atoms with Crippen LogP contribution in [0, 0.1) is 12.1 Å². The highest BCUT2D eigenvalue weighted by Crippen LogP contribution is 2.34. The summed E-state index contributed by atoms with van der Waals surface area (Å²) in [5, 5.41) is 16.2. The third-order valence-electron chi connectivity index (χ3n) is 3.49. The Kier molecular flexibility index (Phi) is 3.52. The van der Waals surface area contributed by atoms with Crippen LogP contribution in [0.1, 0.15) is 16.8 Å². The van der Waals surface area contributed by atoms with Crippen molar-refractivity contribution in [2.45, 2.75) is 18.4 Å². The molecule has 8 heteroatoms. The van der Waals surface area contributed by atoms with Gasteiger partial charge in [0, 0.05) is 5.56 Å². The predicted octanol–water partition coefficient (Wildman–Crippen LogP) is 2.58. The molecule has 0 saturated carbocycles. The van der Waals surface area contributed by atoms with Gasteiger partial charge in [0.15, 0.2) is 0 Å². The molecule has 0 N–H and O–H groups in total. The third kappa shape index (κ3) is 2.52. The number of quaternary nitrogens is 1. The average molecular weight is 384 g/mol. The maximum Gasteiger partial charge on any atom is 0.283 e. The van der Waals surface area contributed by atoms with Gasteiger partial charge in [-0.3, -0.25) is 0 Å². The summed E-state index contributed by atoms with van der Waals surface area (Å²) in [5.74, 6) is 0. The van der Waals surface area contributed by atoms with E-state index in [1.807, 2.05) is 6.92 Å². The molecule has 1 aromatic carbocycles. The number of aryl methyl sites for hydroxylation is 1. The fourth-order valence-electron chi connectivity index (χ4n) is 2.37. The lowest BCUT2D eigenvalue weighted by molar-refractivity contribution is -0.822. The lowest BCUT2D eigenvalue weighted by Crippen LogP contribution is -2.35. The van der Waals surface area contributed by atoms with E-state index < -0.39 is 14.7 Å². The second-order valence-electron chi connectivity index (χ2n) is 5.48. The Bertz CT molecular complexity index is 867. The topological polar surface area (TPSA) is 75.0 Å². The molecule has 1 atom stereocenters. The number of hydroxylamine groups is 3. The molecule has 2 aromatic rings. The van der Waals surface area contributed by atoms with Crippen LogP contribution in [0.2, 0.25) is 0 Å².